The Balaban J connectivity index is 2.74. The Morgan fingerprint density at radius 3 is 2.62 bits per heavy atom. The van der Waals surface area contributed by atoms with Crippen molar-refractivity contribution in [3.05, 3.63) is 36.7 Å². The maximum absolute atomic E-state index is 3.78. The van der Waals surface area contributed by atoms with Crippen LogP contribution in [-0.2, 0) is 0 Å². The summed E-state index contributed by atoms with van der Waals surface area (Å²) in [5.74, 6) is 0. The van der Waals surface area contributed by atoms with E-state index in [0.717, 1.165) is 5.70 Å². The van der Waals surface area contributed by atoms with Crippen molar-refractivity contribution in [3.63, 3.8) is 0 Å². The summed E-state index contributed by atoms with van der Waals surface area (Å²) in [6.07, 6.45) is 7.90. The molecule has 0 fully saturated rings. The third-order valence-electron chi connectivity index (χ3n) is 1.16. The third-order valence-corrected chi connectivity index (χ3v) is 1.16. The van der Waals surface area contributed by atoms with Crippen LogP contribution in [0.25, 0.3) is 0 Å². The number of hydrogen-bond donors (Lipinski definition) is 0. The van der Waals surface area contributed by atoms with Gasteiger partial charge in [0, 0.05) is 18.9 Å². The van der Waals surface area contributed by atoms with Gasteiger partial charge >= 0.3 is 0 Å². The molecule has 0 aromatic carbocycles. The fourth-order valence-corrected chi connectivity index (χ4v) is 0.559. The van der Waals surface area contributed by atoms with Crippen molar-refractivity contribution in [2.24, 2.45) is 0 Å². The van der Waals surface area contributed by atoms with Gasteiger partial charge < -0.3 is 4.90 Å². The lowest BCUT2D eigenvalue weighted by molar-refractivity contribution is 0.587. The zero-order valence-electron chi connectivity index (χ0n) is 4.96. The van der Waals surface area contributed by atoms with Gasteiger partial charge in [0.05, 0.1) is 0 Å². The molecule has 42 valence electrons. The normalized spacial score (nSPS) is 17.6. The van der Waals surface area contributed by atoms with E-state index in [1.807, 2.05) is 36.4 Å². The molecule has 0 N–H and O–H groups in total. The van der Waals surface area contributed by atoms with E-state index in [0.29, 0.717) is 0 Å². The molecular formula is C7H9N. The van der Waals surface area contributed by atoms with E-state index in [2.05, 4.69) is 6.58 Å². The van der Waals surface area contributed by atoms with Crippen molar-refractivity contribution in [1.82, 2.24) is 4.90 Å². The van der Waals surface area contributed by atoms with Crippen LogP contribution in [-0.4, -0.2) is 11.9 Å². The Kier molecular flexibility index (Phi) is 1.20. The molecule has 0 amide bonds. The SMILES string of the molecule is C=C1C=CC=CN1C. The van der Waals surface area contributed by atoms with Crippen LogP contribution in [0.5, 0.6) is 0 Å². The van der Waals surface area contributed by atoms with Crippen LogP contribution in [0, 0.1) is 0 Å². The summed E-state index contributed by atoms with van der Waals surface area (Å²) in [7, 11) is 1.97. The number of likely N-dealkylation sites (N-methyl/N-ethyl adjacent to an activating group) is 1. The van der Waals surface area contributed by atoms with E-state index in [1.165, 1.54) is 0 Å². The van der Waals surface area contributed by atoms with Gasteiger partial charge in [-0.1, -0.05) is 12.7 Å². The summed E-state index contributed by atoms with van der Waals surface area (Å²) in [5.41, 5.74) is 1.03. The quantitative estimate of drug-likeness (QED) is 0.453. The van der Waals surface area contributed by atoms with Crippen LogP contribution in [0.15, 0.2) is 36.7 Å². The molecule has 8 heavy (non-hydrogen) atoms. The van der Waals surface area contributed by atoms with Gasteiger partial charge in [-0.25, -0.2) is 0 Å². The van der Waals surface area contributed by atoms with Crippen LogP contribution in [0.1, 0.15) is 0 Å². The highest BCUT2D eigenvalue weighted by Gasteiger charge is 1.93. The van der Waals surface area contributed by atoms with Crippen molar-refractivity contribution in [2.75, 3.05) is 7.05 Å². The molecule has 0 bridgehead atoms. The highest BCUT2D eigenvalue weighted by Crippen LogP contribution is 2.04. The van der Waals surface area contributed by atoms with E-state index in [-0.39, 0.29) is 0 Å². The predicted octanol–water partition coefficient (Wildman–Crippen LogP) is 1.52. The van der Waals surface area contributed by atoms with Crippen LogP contribution >= 0.6 is 0 Å². The van der Waals surface area contributed by atoms with Crippen molar-refractivity contribution in [2.45, 2.75) is 0 Å². The van der Waals surface area contributed by atoms with Crippen molar-refractivity contribution in [1.29, 1.82) is 0 Å². The lowest BCUT2D eigenvalue weighted by Gasteiger charge is -2.15. The van der Waals surface area contributed by atoms with Gasteiger partial charge in [-0.2, -0.15) is 0 Å². The molecule has 0 aromatic heterocycles. The molecule has 0 saturated heterocycles. The average molecular weight is 107 g/mol. The van der Waals surface area contributed by atoms with Crippen LogP contribution in [0.4, 0.5) is 0 Å². The third kappa shape index (κ3) is 0.808. The van der Waals surface area contributed by atoms with E-state index < -0.39 is 0 Å². The second-order valence-corrected chi connectivity index (χ2v) is 1.80. The first-order chi connectivity index (χ1) is 3.80. The highest BCUT2D eigenvalue weighted by molar-refractivity contribution is 5.24. The van der Waals surface area contributed by atoms with Gasteiger partial charge in [0.1, 0.15) is 0 Å². The van der Waals surface area contributed by atoms with Gasteiger partial charge in [-0.05, 0) is 12.2 Å². The Bertz CT molecular complexity index is 154. The Labute approximate surface area is 49.6 Å². The Hall–Kier alpha value is -0.980. The number of hydrogen-bond acceptors (Lipinski definition) is 1. The molecule has 0 aliphatic carbocycles. The standard InChI is InChI=1S/C7H9N/c1-7-5-3-4-6-8(7)2/h3-6H,1H2,2H3. The first kappa shape index (κ1) is 5.16. The number of nitrogens with zero attached hydrogens (tertiary/aromatic N) is 1. The molecule has 0 atom stereocenters. The minimum absolute atomic E-state index is 1.03. The summed E-state index contributed by atoms with van der Waals surface area (Å²) >= 11 is 0. The molecule has 1 aliphatic rings. The molecule has 1 heterocycles. The lowest BCUT2D eigenvalue weighted by Crippen LogP contribution is -2.08. The molecule has 1 nitrogen and oxygen atoms in total. The van der Waals surface area contributed by atoms with Crippen LogP contribution < -0.4 is 0 Å². The minimum atomic E-state index is 1.03. The summed E-state index contributed by atoms with van der Waals surface area (Å²) < 4.78 is 0. The molecule has 0 spiro atoms. The summed E-state index contributed by atoms with van der Waals surface area (Å²) in [4.78, 5) is 1.97. The van der Waals surface area contributed by atoms with E-state index in [1.54, 1.807) is 0 Å². The maximum atomic E-state index is 3.78. The van der Waals surface area contributed by atoms with Gasteiger partial charge in [0.2, 0.25) is 0 Å². The fourth-order valence-electron chi connectivity index (χ4n) is 0.559. The second kappa shape index (κ2) is 1.86. The van der Waals surface area contributed by atoms with Crippen LogP contribution in [0.3, 0.4) is 0 Å². The summed E-state index contributed by atoms with van der Waals surface area (Å²) in [6.45, 7) is 3.78. The zero-order valence-corrected chi connectivity index (χ0v) is 4.96. The van der Waals surface area contributed by atoms with Crippen molar-refractivity contribution >= 4 is 0 Å². The first-order valence-corrected chi connectivity index (χ1v) is 2.57. The lowest BCUT2D eigenvalue weighted by atomic mass is 10.3. The first-order valence-electron chi connectivity index (χ1n) is 2.57. The van der Waals surface area contributed by atoms with Gasteiger partial charge in [0.25, 0.3) is 0 Å². The molecule has 0 radical (unpaired) electrons. The smallest absolute Gasteiger partial charge is 0.0330 e. The van der Waals surface area contributed by atoms with E-state index in [4.69, 9.17) is 0 Å². The summed E-state index contributed by atoms with van der Waals surface area (Å²) in [5, 5.41) is 0. The fraction of sp³-hybridized carbons (Fsp3) is 0.143. The zero-order chi connectivity index (χ0) is 5.98. The molecular weight excluding hydrogens is 98.1 g/mol. The van der Waals surface area contributed by atoms with Crippen LogP contribution in [0.2, 0.25) is 0 Å². The Morgan fingerprint density at radius 2 is 2.25 bits per heavy atom. The predicted molar refractivity (Wildman–Crippen MR) is 35.2 cm³/mol. The maximum Gasteiger partial charge on any atom is 0.0330 e. The van der Waals surface area contributed by atoms with Gasteiger partial charge in [-0.15, -0.1) is 0 Å². The van der Waals surface area contributed by atoms with Crippen molar-refractivity contribution < 1.29 is 0 Å². The summed E-state index contributed by atoms with van der Waals surface area (Å²) in [6, 6.07) is 0. The molecule has 0 aromatic rings. The molecule has 0 unspecified atom stereocenters. The molecule has 1 aliphatic heterocycles. The van der Waals surface area contributed by atoms with Gasteiger partial charge in [0.15, 0.2) is 0 Å². The van der Waals surface area contributed by atoms with E-state index >= 15 is 0 Å². The van der Waals surface area contributed by atoms with Gasteiger partial charge in [-0.3, -0.25) is 0 Å². The molecule has 1 rings (SSSR count). The minimum Gasteiger partial charge on any atom is -0.352 e. The molecule has 0 saturated carbocycles. The second-order valence-electron chi connectivity index (χ2n) is 1.80. The average Bonchev–Trinajstić information content (AvgIpc) is 1.77. The van der Waals surface area contributed by atoms with Crippen molar-refractivity contribution in [3.8, 4) is 0 Å². The number of allylic oxidation sites excluding steroid dienone is 3. The Morgan fingerprint density at radius 1 is 1.50 bits per heavy atom. The monoisotopic (exact) mass is 107 g/mol. The van der Waals surface area contributed by atoms with E-state index in [9.17, 15) is 0 Å². The number of rotatable bonds is 0. The highest BCUT2D eigenvalue weighted by atomic mass is 15.1. The molecule has 1 heteroatoms. The topological polar surface area (TPSA) is 3.24 Å². The largest absolute Gasteiger partial charge is 0.352 e.